The summed E-state index contributed by atoms with van der Waals surface area (Å²) in [5.41, 5.74) is 13.3. The first-order valence-corrected chi connectivity index (χ1v) is 10.9. The van der Waals surface area contributed by atoms with E-state index in [0.29, 0.717) is 41.1 Å². The maximum atomic E-state index is 12.7. The van der Waals surface area contributed by atoms with Crippen molar-refractivity contribution in [3.63, 3.8) is 0 Å². The number of para-hydroxylation sites is 2. The van der Waals surface area contributed by atoms with Crippen molar-refractivity contribution >= 4 is 22.8 Å². The van der Waals surface area contributed by atoms with E-state index in [1.165, 1.54) is 12.8 Å². The first kappa shape index (κ1) is 23.2. The molecule has 7 nitrogen and oxygen atoms in total. The lowest BCUT2D eigenvalue weighted by Crippen LogP contribution is -2.24. The van der Waals surface area contributed by atoms with Crippen LogP contribution in [-0.4, -0.2) is 36.7 Å². The van der Waals surface area contributed by atoms with Gasteiger partial charge in [0.15, 0.2) is 5.96 Å². The number of carbonyl (C=O) groups excluding carboxylic acids is 1. The number of pyridine rings is 1. The van der Waals surface area contributed by atoms with Crippen LogP contribution in [0.5, 0.6) is 5.75 Å². The van der Waals surface area contributed by atoms with Gasteiger partial charge in [0.25, 0.3) is 5.91 Å². The summed E-state index contributed by atoms with van der Waals surface area (Å²) >= 11 is 0. The van der Waals surface area contributed by atoms with Crippen LogP contribution in [0.3, 0.4) is 0 Å². The van der Waals surface area contributed by atoms with Crippen LogP contribution < -0.4 is 16.2 Å². The molecule has 0 radical (unpaired) electrons. The molecular formula is C25H30N4O3. The van der Waals surface area contributed by atoms with Crippen LogP contribution in [0.4, 0.5) is 0 Å². The van der Waals surface area contributed by atoms with E-state index in [-0.39, 0.29) is 5.96 Å². The lowest BCUT2D eigenvalue weighted by Gasteiger charge is -2.13. The van der Waals surface area contributed by atoms with Crippen LogP contribution >= 0.6 is 0 Å². The molecule has 3 rings (SSSR count). The van der Waals surface area contributed by atoms with Crippen molar-refractivity contribution < 1.29 is 14.3 Å². The van der Waals surface area contributed by atoms with Crippen molar-refractivity contribution in [2.45, 2.75) is 32.6 Å². The van der Waals surface area contributed by atoms with Crippen LogP contribution in [0, 0.1) is 0 Å². The number of hydrogen-bond donors (Lipinski definition) is 2. The Balaban J connectivity index is 1.80. The van der Waals surface area contributed by atoms with Gasteiger partial charge in [0.2, 0.25) is 0 Å². The SMILES string of the molecule is CCCCCOCCCOc1ccccc1-c1cc(C(=O)N=C(N)N)c2ccccc2n1. The first-order chi connectivity index (χ1) is 15.6. The second-order valence-corrected chi connectivity index (χ2v) is 7.43. The van der Waals surface area contributed by atoms with Crippen molar-refractivity contribution in [3.8, 4) is 17.0 Å². The van der Waals surface area contributed by atoms with Crippen LogP contribution in [0.2, 0.25) is 0 Å². The number of amides is 1. The molecule has 32 heavy (non-hydrogen) atoms. The molecule has 1 heterocycles. The van der Waals surface area contributed by atoms with Crippen LogP contribution in [0.15, 0.2) is 59.6 Å². The summed E-state index contributed by atoms with van der Waals surface area (Å²) in [6.07, 6.45) is 4.26. The smallest absolute Gasteiger partial charge is 0.280 e. The highest BCUT2D eigenvalue weighted by Gasteiger charge is 2.16. The van der Waals surface area contributed by atoms with E-state index < -0.39 is 5.91 Å². The van der Waals surface area contributed by atoms with Crippen LogP contribution in [0.1, 0.15) is 43.0 Å². The Morgan fingerprint density at radius 3 is 2.53 bits per heavy atom. The summed E-state index contributed by atoms with van der Waals surface area (Å²) in [6, 6.07) is 16.7. The molecule has 0 atom stereocenters. The van der Waals surface area contributed by atoms with Gasteiger partial charge in [-0.2, -0.15) is 4.99 Å². The van der Waals surface area contributed by atoms with E-state index in [2.05, 4.69) is 11.9 Å². The molecule has 0 spiro atoms. The lowest BCUT2D eigenvalue weighted by molar-refractivity contribution is 0.100. The van der Waals surface area contributed by atoms with Crippen LogP contribution in [-0.2, 0) is 4.74 Å². The number of benzene rings is 2. The maximum absolute atomic E-state index is 12.7. The van der Waals surface area contributed by atoms with Gasteiger partial charge < -0.3 is 20.9 Å². The van der Waals surface area contributed by atoms with E-state index in [1.54, 1.807) is 6.07 Å². The summed E-state index contributed by atoms with van der Waals surface area (Å²) < 4.78 is 11.7. The molecule has 0 bridgehead atoms. The molecule has 0 aliphatic carbocycles. The van der Waals surface area contributed by atoms with Gasteiger partial charge >= 0.3 is 0 Å². The van der Waals surface area contributed by atoms with Gasteiger partial charge in [-0.25, -0.2) is 4.98 Å². The monoisotopic (exact) mass is 434 g/mol. The number of nitrogens with zero attached hydrogens (tertiary/aromatic N) is 2. The Bertz CT molecular complexity index is 1080. The minimum atomic E-state index is -0.511. The Kier molecular flexibility index (Phi) is 8.57. The standard InChI is InChI=1S/C25H30N4O3/c1-2-3-8-14-31-15-9-16-32-23-13-7-5-11-19(23)22-17-20(24(30)29-25(26)27)18-10-4-6-12-21(18)28-22/h4-7,10-13,17H,2-3,8-9,14-16H2,1H3,(H4,26,27,29,30). The fourth-order valence-electron chi connectivity index (χ4n) is 3.37. The number of ether oxygens (including phenoxy) is 2. The third-order valence-electron chi connectivity index (χ3n) is 4.92. The lowest BCUT2D eigenvalue weighted by atomic mass is 10.0. The zero-order chi connectivity index (χ0) is 22.8. The molecule has 0 fully saturated rings. The van der Waals surface area contributed by atoms with Gasteiger partial charge in [0.05, 0.1) is 23.4 Å². The Morgan fingerprint density at radius 2 is 1.72 bits per heavy atom. The van der Waals surface area contributed by atoms with Gasteiger partial charge in [-0.05, 0) is 30.7 Å². The highest BCUT2D eigenvalue weighted by molar-refractivity contribution is 6.10. The molecule has 0 aliphatic heterocycles. The predicted molar refractivity (Wildman–Crippen MR) is 128 cm³/mol. The Labute approximate surface area is 188 Å². The number of aliphatic imine (C=N–C) groups is 1. The van der Waals surface area contributed by atoms with E-state index in [4.69, 9.17) is 25.9 Å². The highest BCUT2D eigenvalue weighted by Crippen LogP contribution is 2.32. The molecule has 7 heteroatoms. The Hall–Kier alpha value is -3.45. The normalized spacial score (nSPS) is 10.8. The van der Waals surface area contributed by atoms with E-state index >= 15 is 0 Å². The number of nitrogens with two attached hydrogens (primary N) is 2. The highest BCUT2D eigenvalue weighted by atomic mass is 16.5. The molecule has 4 N–H and O–H groups in total. The molecule has 1 amide bonds. The van der Waals surface area contributed by atoms with E-state index in [9.17, 15) is 4.79 Å². The van der Waals surface area contributed by atoms with Crippen molar-refractivity contribution in [1.29, 1.82) is 0 Å². The zero-order valence-electron chi connectivity index (χ0n) is 18.4. The quantitative estimate of drug-likeness (QED) is 0.264. The molecule has 0 aliphatic rings. The van der Waals surface area contributed by atoms with Gasteiger partial charge in [-0.3, -0.25) is 4.79 Å². The number of rotatable bonds is 11. The largest absolute Gasteiger partial charge is 0.493 e. The number of unbranched alkanes of at least 4 members (excludes halogenated alkanes) is 2. The fraction of sp³-hybridized carbons (Fsp3) is 0.320. The molecule has 0 saturated heterocycles. The molecule has 168 valence electrons. The van der Waals surface area contributed by atoms with Crippen molar-refractivity contribution in [3.05, 3.63) is 60.2 Å². The fourth-order valence-corrected chi connectivity index (χ4v) is 3.37. The van der Waals surface area contributed by atoms with Gasteiger partial charge in [-0.15, -0.1) is 0 Å². The number of aromatic nitrogens is 1. The number of fused-ring (bicyclic) bond motifs is 1. The molecule has 1 aromatic heterocycles. The van der Waals surface area contributed by atoms with E-state index in [1.807, 2.05) is 48.5 Å². The van der Waals surface area contributed by atoms with Crippen molar-refractivity contribution in [1.82, 2.24) is 4.98 Å². The maximum Gasteiger partial charge on any atom is 0.280 e. The van der Waals surface area contributed by atoms with Gasteiger partial charge in [0, 0.05) is 30.6 Å². The topological polar surface area (TPSA) is 113 Å². The average molecular weight is 435 g/mol. The molecule has 0 unspecified atom stereocenters. The second-order valence-electron chi connectivity index (χ2n) is 7.43. The van der Waals surface area contributed by atoms with Crippen LogP contribution in [0.25, 0.3) is 22.2 Å². The minimum absolute atomic E-state index is 0.280. The zero-order valence-corrected chi connectivity index (χ0v) is 18.4. The van der Waals surface area contributed by atoms with Crippen molar-refractivity contribution in [2.24, 2.45) is 16.5 Å². The Morgan fingerprint density at radius 1 is 0.969 bits per heavy atom. The minimum Gasteiger partial charge on any atom is -0.493 e. The third kappa shape index (κ3) is 6.28. The van der Waals surface area contributed by atoms with Gasteiger partial charge in [0.1, 0.15) is 5.75 Å². The summed E-state index contributed by atoms with van der Waals surface area (Å²) in [4.78, 5) is 21.1. The average Bonchev–Trinajstić information content (AvgIpc) is 2.80. The number of guanidine groups is 1. The van der Waals surface area contributed by atoms with Crippen molar-refractivity contribution in [2.75, 3.05) is 19.8 Å². The first-order valence-electron chi connectivity index (χ1n) is 10.9. The molecular weight excluding hydrogens is 404 g/mol. The van der Waals surface area contributed by atoms with Gasteiger partial charge in [-0.1, -0.05) is 50.1 Å². The summed E-state index contributed by atoms with van der Waals surface area (Å²) in [5.74, 6) is -0.0944. The molecule has 0 saturated carbocycles. The predicted octanol–water partition coefficient (Wildman–Crippen LogP) is 4.29. The number of carbonyl (C=O) groups is 1. The second kappa shape index (κ2) is 11.8. The summed E-state index contributed by atoms with van der Waals surface area (Å²) in [6.45, 7) is 4.16. The summed E-state index contributed by atoms with van der Waals surface area (Å²) in [7, 11) is 0. The molecule has 2 aromatic carbocycles. The third-order valence-corrected chi connectivity index (χ3v) is 4.92. The van der Waals surface area contributed by atoms with E-state index in [0.717, 1.165) is 25.0 Å². The number of hydrogen-bond acceptors (Lipinski definition) is 4. The molecule has 3 aromatic rings. The summed E-state index contributed by atoms with van der Waals surface area (Å²) in [5, 5.41) is 0.685.